The maximum Gasteiger partial charge on any atom is 0.120 e. The number of rotatable bonds is 3. The molecule has 12 heavy (non-hydrogen) atoms. The Kier molecular flexibility index (Phi) is 2.71. The van der Waals surface area contributed by atoms with Crippen molar-refractivity contribution >= 4 is 0 Å². The maximum atomic E-state index is 8.75. The lowest BCUT2D eigenvalue weighted by molar-refractivity contribution is 0.814. The molecule has 1 aromatic rings. The van der Waals surface area contributed by atoms with Gasteiger partial charge in [0.2, 0.25) is 0 Å². The Balaban J connectivity index is 3.01. The van der Waals surface area contributed by atoms with Gasteiger partial charge >= 0.3 is 0 Å². The van der Waals surface area contributed by atoms with Crippen LogP contribution in [0.2, 0.25) is 0 Å². The summed E-state index contributed by atoms with van der Waals surface area (Å²) in [7, 11) is 0. The minimum Gasteiger partial charge on any atom is -0.335 e. The van der Waals surface area contributed by atoms with Crippen molar-refractivity contribution in [1.82, 2.24) is 4.57 Å². The predicted octanol–water partition coefficient (Wildman–Crippen LogP) is 2.11. The summed E-state index contributed by atoms with van der Waals surface area (Å²) < 4.78 is 1.91. The second-order valence-electron chi connectivity index (χ2n) is 2.64. The number of allylic oxidation sites excluding steroid dienone is 1. The third-order valence-electron chi connectivity index (χ3n) is 1.80. The first-order valence-corrected chi connectivity index (χ1v) is 4.01. The molecule has 0 saturated heterocycles. The van der Waals surface area contributed by atoms with E-state index in [0.29, 0.717) is 12.2 Å². The largest absolute Gasteiger partial charge is 0.335 e. The van der Waals surface area contributed by atoms with E-state index in [1.807, 2.05) is 16.8 Å². The van der Waals surface area contributed by atoms with Crippen LogP contribution in [-0.2, 0) is 13.0 Å². The van der Waals surface area contributed by atoms with E-state index < -0.39 is 0 Å². The number of hydrogen-bond donors (Lipinski definition) is 0. The SMILES string of the molecule is C=CCn1cc(CC)cc1C#N. The third kappa shape index (κ3) is 1.57. The van der Waals surface area contributed by atoms with Gasteiger partial charge in [0.1, 0.15) is 11.8 Å². The first-order valence-electron chi connectivity index (χ1n) is 4.01. The molecule has 0 aliphatic rings. The number of aromatic nitrogens is 1. The van der Waals surface area contributed by atoms with Gasteiger partial charge in [0.05, 0.1) is 0 Å². The zero-order valence-electron chi connectivity index (χ0n) is 7.25. The topological polar surface area (TPSA) is 28.7 Å². The van der Waals surface area contributed by atoms with Crippen molar-refractivity contribution in [2.75, 3.05) is 0 Å². The molecule has 0 unspecified atom stereocenters. The van der Waals surface area contributed by atoms with Gasteiger partial charge < -0.3 is 4.57 Å². The standard InChI is InChI=1S/C10H12N2/c1-3-5-12-8-9(4-2)6-10(12)7-11/h3,6,8H,1,4-5H2,2H3. The van der Waals surface area contributed by atoms with Crippen molar-refractivity contribution in [3.05, 3.63) is 36.2 Å². The van der Waals surface area contributed by atoms with E-state index in [-0.39, 0.29) is 0 Å². The van der Waals surface area contributed by atoms with Crippen molar-refractivity contribution in [2.45, 2.75) is 19.9 Å². The molecule has 0 amide bonds. The van der Waals surface area contributed by atoms with E-state index in [9.17, 15) is 0 Å². The molecule has 0 radical (unpaired) electrons. The molecular weight excluding hydrogens is 148 g/mol. The summed E-state index contributed by atoms with van der Waals surface area (Å²) in [5.74, 6) is 0. The lowest BCUT2D eigenvalue weighted by Crippen LogP contribution is -1.95. The highest BCUT2D eigenvalue weighted by Crippen LogP contribution is 2.08. The average Bonchev–Trinajstić information content (AvgIpc) is 2.48. The average molecular weight is 160 g/mol. The molecule has 0 aliphatic carbocycles. The molecule has 1 rings (SSSR count). The number of hydrogen-bond acceptors (Lipinski definition) is 1. The molecule has 0 bridgehead atoms. The van der Waals surface area contributed by atoms with Crippen LogP contribution in [0.1, 0.15) is 18.2 Å². The Labute approximate surface area is 72.7 Å². The second kappa shape index (κ2) is 3.77. The number of nitrogens with zero attached hydrogens (tertiary/aromatic N) is 2. The molecule has 0 saturated carbocycles. The van der Waals surface area contributed by atoms with Crippen LogP contribution in [-0.4, -0.2) is 4.57 Å². The molecule has 0 atom stereocenters. The van der Waals surface area contributed by atoms with Crippen LogP contribution < -0.4 is 0 Å². The first-order chi connectivity index (χ1) is 5.81. The van der Waals surface area contributed by atoms with Crippen molar-refractivity contribution in [3.63, 3.8) is 0 Å². The molecule has 1 aromatic heterocycles. The molecule has 0 N–H and O–H groups in total. The predicted molar refractivity (Wildman–Crippen MR) is 48.7 cm³/mol. The lowest BCUT2D eigenvalue weighted by atomic mass is 10.2. The van der Waals surface area contributed by atoms with Gasteiger partial charge in [0.25, 0.3) is 0 Å². The lowest BCUT2D eigenvalue weighted by Gasteiger charge is -1.96. The summed E-state index contributed by atoms with van der Waals surface area (Å²) in [6.07, 6.45) is 4.76. The highest BCUT2D eigenvalue weighted by Gasteiger charge is 2.01. The molecule has 0 fully saturated rings. The van der Waals surface area contributed by atoms with Crippen LogP contribution in [0, 0.1) is 11.3 Å². The van der Waals surface area contributed by atoms with E-state index in [1.54, 1.807) is 6.08 Å². The van der Waals surface area contributed by atoms with Gasteiger partial charge in [-0.15, -0.1) is 6.58 Å². The minimum atomic E-state index is 0.711. The van der Waals surface area contributed by atoms with Crippen LogP contribution >= 0.6 is 0 Å². The quantitative estimate of drug-likeness (QED) is 0.622. The monoisotopic (exact) mass is 160 g/mol. The minimum absolute atomic E-state index is 0.711. The second-order valence-corrected chi connectivity index (χ2v) is 2.64. The first kappa shape index (κ1) is 8.61. The van der Waals surface area contributed by atoms with E-state index >= 15 is 0 Å². The van der Waals surface area contributed by atoms with Gasteiger partial charge in [-0.05, 0) is 18.1 Å². The highest BCUT2D eigenvalue weighted by atomic mass is 15.0. The van der Waals surface area contributed by atoms with E-state index in [2.05, 4.69) is 19.6 Å². The smallest absolute Gasteiger partial charge is 0.120 e. The Morgan fingerprint density at radius 3 is 3.00 bits per heavy atom. The van der Waals surface area contributed by atoms with Crippen molar-refractivity contribution in [1.29, 1.82) is 5.26 Å². The molecular formula is C10H12N2. The number of aryl methyl sites for hydroxylation is 1. The summed E-state index contributed by atoms with van der Waals surface area (Å²) >= 11 is 0. The molecule has 2 heteroatoms. The zero-order chi connectivity index (χ0) is 8.97. The molecule has 0 aliphatic heterocycles. The van der Waals surface area contributed by atoms with Crippen molar-refractivity contribution in [3.8, 4) is 6.07 Å². The summed E-state index contributed by atoms with van der Waals surface area (Å²) in [5.41, 5.74) is 1.92. The summed E-state index contributed by atoms with van der Waals surface area (Å²) in [4.78, 5) is 0. The Bertz CT molecular complexity index is 315. The van der Waals surface area contributed by atoms with Crippen LogP contribution in [0.5, 0.6) is 0 Å². The molecule has 1 heterocycles. The molecule has 62 valence electrons. The van der Waals surface area contributed by atoms with Crippen molar-refractivity contribution in [2.24, 2.45) is 0 Å². The molecule has 0 aromatic carbocycles. The highest BCUT2D eigenvalue weighted by molar-refractivity contribution is 5.28. The Hall–Kier alpha value is -1.49. The fraction of sp³-hybridized carbons (Fsp3) is 0.300. The van der Waals surface area contributed by atoms with Gasteiger partial charge in [0, 0.05) is 12.7 Å². The van der Waals surface area contributed by atoms with Gasteiger partial charge in [-0.25, -0.2) is 0 Å². The Morgan fingerprint density at radius 2 is 2.50 bits per heavy atom. The van der Waals surface area contributed by atoms with Gasteiger partial charge in [-0.3, -0.25) is 0 Å². The van der Waals surface area contributed by atoms with E-state index in [4.69, 9.17) is 5.26 Å². The third-order valence-corrected chi connectivity index (χ3v) is 1.80. The van der Waals surface area contributed by atoms with Gasteiger partial charge in [-0.1, -0.05) is 13.0 Å². The van der Waals surface area contributed by atoms with Gasteiger partial charge in [0.15, 0.2) is 0 Å². The van der Waals surface area contributed by atoms with Crippen LogP contribution in [0.15, 0.2) is 24.9 Å². The van der Waals surface area contributed by atoms with Crippen LogP contribution in [0.3, 0.4) is 0 Å². The van der Waals surface area contributed by atoms with E-state index in [0.717, 1.165) is 6.42 Å². The summed E-state index contributed by atoms with van der Waals surface area (Å²) in [6.45, 7) is 6.43. The van der Waals surface area contributed by atoms with Crippen LogP contribution in [0.25, 0.3) is 0 Å². The molecule has 2 nitrogen and oxygen atoms in total. The van der Waals surface area contributed by atoms with Crippen molar-refractivity contribution < 1.29 is 0 Å². The molecule has 0 spiro atoms. The van der Waals surface area contributed by atoms with Crippen LogP contribution in [0.4, 0.5) is 0 Å². The maximum absolute atomic E-state index is 8.75. The van der Waals surface area contributed by atoms with E-state index in [1.165, 1.54) is 5.56 Å². The zero-order valence-corrected chi connectivity index (χ0v) is 7.25. The fourth-order valence-corrected chi connectivity index (χ4v) is 1.15. The normalized spacial score (nSPS) is 9.33. The fourth-order valence-electron chi connectivity index (χ4n) is 1.15. The summed E-state index contributed by atoms with van der Waals surface area (Å²) in [5, 5.41) is 8.75. The Morgan fingerprint density at radius 1 is 1.75 bits per heavy atom. The van der Waals surface area contributed by atoms with Gasteiger partial charge in [-0.2, -0.15) is 5.26 Å². The summed E-state index contributed by atoms with van der Waals surface area (Å²) in [6, 6.07) is 4.07. The number of nitriles is 1.